The first-order valence-electron chi connectivity index (χ1n) is 7.09. The van der Waals surface area contributed by atoms with E-state index < -0.39 is 0 Å². The van der Waals surface area contributed by atoms with Gasteiger partial charge >= 0.3 is 5.97 Å². The largest absolute Gasteiger partial charge is 0.457 e. The molecule has 4 heteroatoms. The summed E-state index contributed by atoms with van der Waals surface area (Å²) in [6, 6.07) is 15.9. The van der Waals surface area contributed by atoms with E-state index >= 15 is 0 Å². The maximum Gasteiger partial charge on any atom is 0.306 e. The number of carbonyl (C=O) groups excluding carboxylic acids is 1. The van der Waals surface area contributed by atoms with Gasteiger partial charge in [0.25, 0.3) is 0 Å². The van der Waals surface area contributed by atoms with E-state index in [2.05, 4.69) is 0 Å². The molecule has 0 saturated carbocycles. The van der Waals surface area contributed by atoms with Crippen LogP contribution < -0.4 is 0 Å². The number of para-hydroxylation sites is 1. The minimum absolute atomic E-state index is 0.0881. The average Bonchev–Trinajstić information content (AvgIpc) is 2.95. The molecular formula is C18H15FO3. The molecule has 0 amide bonds. The van der Waals surface area contributed by atoms with Gasteiger partial charge in [-0.3, -0.25) is 4.79 Å². The van der Waals surface area contributed by atoms with Crippen LogP contribution in [0.5, 0.6) is 0 Å². The van der Waals surface area contributed by atoms with Crippen molar-refractivity contribution in [3.05, 3.63) is 71.7 Å². The minimum Gasteiger partial charge on any atom is -0.457 e. The molecule has 0 N–H and O–H groups in total. The van der Waals surface area contributed by atoms with Gasteiger partial charge in [0.1, 0.15) is 23.8 Å². The van der Waals surface area contributed by atoms with E-state index in [1.54, 1.807) is 18.2 Å². The third-order valence-corrected chi connectivity index (χ3v) is 3.41. The molecule has 0 atom stereocenters. The molecule has 3 rings (SSSR count). The van der Waals surface area contributed by atoms with Crippen LogP contribution in [0.15, 0.2) is 59.0 Å². The Morgan fingerprint density at radius 2 is 1.86 bits per heavy atom. The molecule has 22 heavy (non-hydrogen) atoms. The van der Waals surface area contributed by atoms with Gasteiger partial charge in [0, 0.05) is 11.8 Å². The molecule has 0 radical (unpaired) electrons. The van der Waals surface area contributed by atoms with Crippen LogP contribution in [-0.2, 0) is 22.6 Å². The first kappa shape index (κ1) is 14.3. The summed E-state index contributed by atoms with van der Waals surface area (Å²) in [6.07, 6.45) is 0.465. The molecule has 3 aromatic rings. The molecule has 0 unspecified atom stereocenters. The van der Waals surface area contributed by atoms with Gasteiger partial charge in [-0.25, -0.2) is 4.39 Å². The topological polar surface area (TPSA) is 39.4 Å². The van der Waals surface area contributed by atoms with Crippen LogP contribution in [-0.4, -0.2) is 5.97 Å². The van der Waals surface area contributed by atoms with Gasteiger partial charge < -0.3 is 9.15 Å². The number of aryl methyl sites for hydroxylation is 1. The summed E-state index contributed by atoms with van der Waals surface area (Å²) < 4.78 is 24.2. The molecule has 0 fully saturated rings. The molecule has 0 spiro atoms. The second kappa shape index (κ2) is 6.43. The number of esters is 1. The second-order valence-corrected chi connectivity index (χ2v) is 5.00. The molecule has 112 valence electrons. The SMILES string of the molecule is O=C(CCc1ccccc1F)OCc1cc2ccccc2o1. The summed E-state index contributed by atoms with van der Waals surface area (Å²) in [5.41, 5.74) is 1.28. The quantitative estimate of drug-likeness (QED) is 0.661. The summed E-state index contributed by atoms with van der Waals surface area (Å²) in [6.45, 7) is 0.0881. The van der Waals surface area contributed by atoms with Gasteiger partial charge in [0.15, 0.2) is 0 Å². The van der Waals surface area contributed by atoms with Crippen molar-refractivity contribution in [1.29, 1.82) is 0 Å². The molecule has 1 aromatic heterocycles. The predicted molar refractivity (Wildman–Crippen MR) is 80.7 cm³/mol. The van der Waals surface area contributed by atoms with Gasteiger partial charge in [0.2, 0.25) is 0 Å². The Morgan fingerprint density at radius 3 is 2.68 bits per heavy atom. The predicted octanol–water partition coefficient (Wildman–Crippen LogP) is 4.25. The number of benzene rings is 2. The summed E-state index contributed by atoms with van der Waals surface area (Å²) in [5.74, 6) is -0.0725. The molecule has 0 bridgehead atoms. The molecule has 0 aliphatic heterocycles. The van der Waals surface area contributed by atoms with Gasteiger partial charge in [-0.05, 0) is 30.2 Å². The fourth-order valence-electron chi connectivity index (χ4n) is 2.27. The van der Waals surface area contributed by atoms with Crippen LogP contribution in [0.1, 0.15) is 17.7 Å². The van der Waals surface area contributed by atoms with E-state index in [-0.39, 0.29) is 24.8 Å². The van der Waals surface area contributed by atoms with Crippen molar-refractivity contribution in [2.24, 2.45) is 0 Å². The summed E-state index contributed by atoms with van der Waals surface area (Å²) in [7, 11) is 0. The Bertz CT molecular complexity index is 759. The van der Waals surface area contributed by atoms with Crippen LogP contribution in [0, 0.1) is 5.82 Å². The van der Waals surface area contributed by atoms with Gasteiger partial charge in [0.05, 0.1) is 0 Å². The maximum absolute atomic E-state index is 13.4. The zero-order valence-corrected chi connectivity index (χ0v) is 11.9. The molecule has 1 heterocycles. The average molecular weight is 298 g/mol. The number of carbonyl (C=O) groups is 1. The highest BCUT2D eigenvalue weighted by Gasteiger charge is 2.09. The van der Waals surface area contributed by atoms with E-state index in [9.17, 15) is 9.18 Å². The van der Waals surface area contributed by atoms with E-state index in [1.807, 2.05) is 30.3 Å². The normalized spacial score (nSPS) is 10.8. The molecular weight excluding hydrogens is 283 g/mol. The van der Waals surface area contributed by atoms with E-state index in [1.165, 1.54) is 6.07 Å². The molecule has 0 aliphatic rings. The molecule has 3 nitrogen and oxygen atoms in total. The van der Waals surface area contributed by atoms with Crippen molar-refractivity contribution in [3.63, 3.8) is 0 Å². The monoisotopic (exact) mass is 298 g/mol. The Balaban J connectivity index is 1.53. The number of ether oxygens (including phenoxy) is 1. The number of halogens is 1. The smallest absolute Gasteiger partial charge is 0.306 e. The third-order valence-electron chi connectivity index (χ3n) is 3.41. The lowest BCUT2D eigenvalue weighted by Crippen LogP contribution is -2.06. The van der Waals surface area contributed by atoms with Crippen LogP contribution in [0.2, 0.25) is 0 Å². The first-order valence-corrected chi connectivity index (χ1v) is 7.09. The van der Waals surface area contributed by atoms with Gasteiger partial charge in [-0.1, -0.05) is 36.4 Å². The van der Waals surface area contributed by atoms with Crippen molar-refractivity contribution in [2.45, 2.75) is 19.4 Å². The van der Waals surface area contributed by atoms with Crippen LogP contribution in [0.25, 0.3) is 11.0 Å². The second-order valence-electron chi connectivity index (χ2n) is 5.00. The van der Waals surface area contributed by atoms with Crippen molar-refractivity contribution in [1.82, 2.24) is 0 Å². The van der Waals surface area contributed by atoms with E-state index in [0.29, 0.717) is 17.7 Å². The molecule has 2 aromatic carbocycles. The lowest BCUT2D eigenvalue weighted by Gasteiger charge is -2.04. The lowest BCUT2D eigenvalue weighted by atomic mass is 10.1. The third kappa shape index (κ3) is 3.34. The number of hydrogen-bond donors (Lipinski definition) is 0. The lowest BCUT2D eigenvalue weighted by molar-refractivity contribution is -0.145. The van der Waals surface area contributed by atoms with Crippen molar-refractivity contribution in [3.8, 4) is 0 Å². The van der Waals surface area contributed by atoms with Crippen molar-refractivity contribution in [2.75, 3.05) is 0 Å². The number of rotatable bonds is 5. The fraction of sp³-hybridized carbons (Fsp3) is 0.167. The summed E-state index contributed by atoms with van der Waals surface area (Å²) in [5, 5.41) is 0.972. The standard InChI is InChI=1S/C18H15FO3/c19-16-7-3-1-5-13(16)9-10-18(20)21-12-15-11-14-6-2-4-8-17(14)22-15/h1-8,11H,9-10,12H2. The zero-order chi connectivity index (χ0) is 15.4. The van der Waals surface area contributed by atoms with Crippen molar-refractivity contribution >= 4 is 16.9 Å². The van der Waals surface area contributed by atoms with Crippen LogP contribution >= 0.6 is 0 Å². The molecule has 0 aliphatic carbocycles. The number of furan rings is 1. The van der Waals surface area contributed by atoms with Crippen LogP contribution in [0.3, 0.4) is 0 Å². The van der Waals surface area contributed by atoms with Gasteiger partial charge in [-0.15, -0.1) is 0 Å². The maximum atomic E-state index is 13.4. The van der Waals surface area contributed by atoms with E-state index in [4.69, 9.17) is 9.15 Å². The highest BCUT2D eigenvalue weighted by Crippen LogP contribution is 2.19. The highest BCUT2D eigenvalue weighted by molar-refractivity contribution is 5.77. The van der Waals surface area contributed by atoms with Crippen molar-refractivity contribution < 1.29 is 18.3 Å². The Morgan fingerprint density at radius 1 is 1.09 bits per heavy atom. The summed E-state index contributed by atoms with van der Waals surface area (Å²) in [4.78, 5) is 11.7. The van der Waals surface area contributed by atoms with E-state index in [0.717, 1.165) is 11.0 Å². The highest BCUT2D eigenvalue weighted by atomic mass is 19.1. The van der Waals surface area contributed by atoms with Crippen LogP contribution in [0.4, 0.5) is 4.39 Å². The first-order chi connectivity index (χ1) is 10.7. The molecule has 0 saturated heterocycles. The fourth-order valence-corrected chi connectivity index (χ4v) is 2.27. The van der Waals surface area contributed by atoms with Gasteiger partial charge in [-0.2, -0.15) is 0 Å². The number of fused-ring (bicyclic) bond motifs is 1. The Labute approximate surface area is 127 Å². The number of hydrogen-bond acceptors (Lipinski definition) is 3. The Hall–Kier alpha value is -2.62. The Kier molecular flexibility index (Phi) is 4.19. The summed E-state index contributed by atoms with van der Waals surface area (Å²) >= 11 is 0. The zero-order valence-electron chi connectivity index (χ0n) is 11.9. The minimum atomic E-state index is -0.372.